The second-order valence-corrected chi connectivity index (χ2v) is 4.52. The smallest absolute Gasteiger partial charge is 0.223 e. The summed E-state index contributed by atoms with van der Waals surface area (Å²) < 4.78 is 0. The Morgan fingerprint density at radius 3 is 3.06 bits per heavy atom. The lowest BCUT2D eigenvalue weighted by atomic mass is 10.1. The molecule has 86 valence electrons. The van der Waals surface area contributed by atoms with Gasteiger partial charge in [-0.25, -0.2) is 0 Å². The molecule has 0 spiro atoms. The molecule has 1 aromatic carbocycles. The average molecular weight is 226 g/mol. The number of rotatable bonds is 3. The Morgan fingerprint density at radius 2 is 2.24 bits per heavy atom. The third-order valence-electron chi connectivity index (χ3n) is 3.09. The van der Waals surface area contributed by atoms with Crippen LogP contribution in [0.2, 0.25) is 0 Å². The van der Waals surface area contributed by atoms with Crippen molar-refractivity contribution < 1.29 is 4.79 Å². The zero-order valence-electron chi connectivity index (χ0n) is 9.52. The molecule has 0 bridgehead atoms. The molecule has 2 aromatic rings. The summed E-state index contributed by atoms with van der Waals surface area (Å²) in [5, 5.41) is 4.09. The summed E-state index contributed by atoms with van der Waals surface area (Å²) in [5.41, 5.74) is 2.08. The highest BCUT2D eigenvalue weighted by molar-refractivity contribution is 5.81. The number of benzene rings is 1. The van der Waals surface area contributed by atoms with E-state index in [2.05, 4.69) is 10.3 Å². The Bertz CT molecular complexity index is 561. The van der Waals surface area contributed by atoms with Gasteiger partial charge >= 0.3 is 0 Å². The molecule has 1 aromatic heterocycles. The first kappa shape index (κ1) is 10.3. The Labute approximate surface area is 99.9 Å². The SMILES string of the molecule is O=C(NCc1ccc2cccnc2c1)C1CC1. The first-order valence-electron chi connectivity index (χ1n) is 5.94. The molecule has 1 aliphatic rings. The number of fused-ring (bicyclic) bond motifs is 1. The molecular weight excluding hydrogens is 212 g/mol. The zero-order chi connectivity index (χ0) is 11.7. The summed E-state index contributed by atoms with van der Waals surface area (Å²) >= 11 is 0. The van der Waals surface area contributed by atoms with E-state index >= 15 is 0 Å². The van der Waals surface area contributed by atoms with Crippen LogP contribution in [0.3, 0.4) is 0 Å². The number of nitrogens with zero attached hydrogens (tertiary/aromatic N) is 1. The van der Waals surface area contributed by atoms with Crippen LogP contribution in [-0.2, 0) is 11.3 Å². The van der Waals surface area contributed by atoms with Crippen molar-refractivity contribution in [3.8, 4) is 0 Å². The summed E-state index contributed by atoms with van der Waals surface area (Å²) in [6.07, 6.45) is 3.88. The maximum Gasteiger partial charge on any atom is 0.223 e. The molecule has 1 heterocycles. The molecule has 17 heavy (non-hydrogen) atoms. The second-order valence-electron chi connectivity index (χ2n) is 4.52. The molecule has 0 atom stereocenters. The van der Waals surface area contributed by atoms with Crippen LogP contribution in [0.15, 0.2) is 36.5 Å². The maximum absolute atomic E-state index is 11.5. The van der Waals surface area contributed by atoms with Gasteiger partial charge in [0.15, 0.2) is 0 Å². The standard InChI is InChI=1S/C14H14N2O/c17-14(12-5-6-12)16-9-10-3-4-11-2-1-7-15-13(11)8-10/h1-4,7-8,12H,5-6,9H2,(H,16,17). The lowest BCUT2D eigenvalue weighted by Gasteiger charge is -2.05. The van der Waals surface area contributed by atoms with Gasteiger partial charge in [-0.2, -0.15) is 0 Å². The Morgan fingerprint density at radius 1 is 1.35 bits per heavy atom. The molecule has 1 N–H and O–H groups in total. The number of nitrogens with one attached hydrogen (secondary N) is 1. The fourth-order valence-electron chi connectivity index (χ4n) is 1.90. The number of amides is 1. The van der Waals surface area contributed by atoms with E-state index in [1.807, 2.05) is 30.3 Å². The Kier molecular flexibility index (Phi) is 2.52. The molecule has 1 fully saturated rings. The quantitative estimate of drug-likeness (QED) is 0.872. The van der Waals surface area contributed by atoms with Crippen LogP contribution in [0.1, 0.15) is 18.4 Å². The van der Waals surface area contributed by atoms with Crippen LogP contribution in [-0.4, -0.2) is 10.9 Å². The predicted octanol–water partition coefficient (Wildman–Crippen LogP) is 2.26. The molecule has 0 radical (unpaired) electrons. The molecule has 0 aliphatic heterocycles. The van der Waals surface area contributed by atoms with Crippen molar-refractivity contribution in [2.45, 2.75) is 19.4 Å². The van der Waals surface area contributed by atoms with E-state index in [4.69, 9.17) is 0 Å². The normalized spacial score (nSPS) is 14.8. The van der Waals surface area contributed by atoms with Crippen LogP contribution < -0.4 is 5.32 Å². The zero-order valence-corrected chi connectivity index (χ0v) is 9.52. The Balaban J connectivity index is 1.74. The van der Waals surface area contributed by atoms with Crippen molar-refractivity contribution in [1.29, 1.82) is 0 Å². The highest BCUT2D eigenvalue weighted by Gasteiger charge is 2.29. The van der Waals surface area contributed by atoms with Gasteiger partial charge < -0.3 is 5.32 Å². The van der Waals surface area contributed by atoms with Crippen molar-refractivity contribution in [1.82, 2.24) is 10.3 Å². The minimum absolute atomic E-state index is 0.186. The van der Waals surface area contributed by atoms with Gasteiger partial charge in [0.05, 0.1) is 5.52 Å². The third-order valence-corrected chi connectivity index (χ3v) is 3.09. The van der Waals surface area contributed by atoms with E-state index in [0.29, 0.717) is 6.54 Å². The van der Waals surface area contributed by atoms with E-state index in [0.717, 1.165) is 29.3 Å². The van der Waals surface area contributed by atoms with Gasteiger partial charge in [-0.1, -0.05) is 18.2 Å². The molecule has 0 saturated heterocycles. The van der Waals surface area contributed by atoms with Crippen LogP contribution in [0.25, 0.3) is 10.9 Å². The number of carbonyl (C=O) groups excluding carboxylic acids is 1. The van der Waals surface area contributed by atoms with Crippen LogP contribution >= 0.6 is 0 Å². The number of pyridine rings is 1. The molecular formula is C14H14N2O. The minimum atomic E-state index is 0.186. The Hall–Kier alpha value is -1.90. The van der Waals surface area contributed by atoms with Crippen LogP contribution in [0.5, 0.6) is 0 Å². The predicted molar refractivity (Wildman–Crippen MR) is 66.3 cm³/mol. The van der Waals surface area contributed by atoms with Crippen molar-refractivity contribution >= 4 is 16.8 Å². The van der Waals surface area contributed by atoms with Gasteiger partial charge in [0, 0.05) is 24.0 Å². The van der Waals surface area contributed by atoms with Gasteiger partial charge in [-0.3, -0.25) is 9.78 Å². The third kappa shape index (κ3) is 2.28. The van der Waals surface area contributed by atoms with E-state index in [-0.39, 0.29) is 11.8 Å². The summed E-state index contributed by atoms with van der Waals surface area (Å²) in [7, 11) is 0. The van der Waals surface area contributed by atoms with Crippen molar-refractivity contribution in [2.75, 3.05) is 0 Å². The van der Waals surface area contributed by atoms with Gasteiger partial charge in [-0.15, -0.1) is 0 Å². The first-order valence-corrected chi connectivity index (χ1v) is 5.94. The maximum atomic E-state index is 11.5. The monoisotopic (exact) mass is 226 g/mol. The highest BCUT2D eigenvalue weighted by Crippen LogP contribution is 2.28. The topological polar surface area (TPSA) is 42.0 Å². The van der Waals surface area contributed by atoms with Crippen LogP contribution in [0, 0.1) is 5.92 Å². The lowest BCUT2D eigenvalue weighted by molar-refractivity contribution is -0.122. The molecule has 3 nitrogen and oxygen atoms in total. The van der Waals surface area contributed by atoms with Gasteiger partial charge in [0.25, 0.3) is 0 Å². The largest absolute Gasteiger partial charge is 0.352 e. The molecule has 1 amide bonds. The second kappa shape index (κ2) is 4.17. The molecule has 3 heteroatoms. The number of hydrogen-bond acceptors (Lipinski definition) is 2. The summed E-state index contributed by atoms with van der Waals surface area (Å²) in [5.74, 6) is 0.458. The average Bonchev–Trinajstić information content (AvgIpc) is 3.20. The number of carbonyl (C=O) groups is 1. The molecule has 1 aliphatic carbocycles. The van der Waals surface area contributed by atoms with Gasteiger partial charge in [0.1, 0.15) is 0 Å². The van der Waals surface area contributed by atoms with E-state index in [9.17, 15) is 4.79 Å². The van der Waals surface area contributed by atoms with Crippen molar-refractivity contribution in [3.05, 3.63) is 42.1 Å². The highest BCUT2D eigenvalue weighted by atomic mass is 16.2. The molecule has 3 rings (SSSR count). The van der Waals surface area contributed by atoms with E-state index in [1.54, 1.807) is 6.20 Å². The summed E-state index contributed by atoms with van der Waals surface area (Å²) in [4.78, 5) is 15.8. The number of hydrogen-bond donors (Lipinski definition) is 1. The van der Waals surface area contributed by atoms with Crippen LogP contribution in [0.4, 0.5) is 0 Å². The van der Waals surface area contributed by atoms with E-state index < -0.39 is 0 Å². The summed E-state index contributed by atoms with van der Waals surface area (Å²) in [6, 6.07) is 10.1. The molecule has 1 saturated carbocycles. The van der Waals surface area contributed by atoms with Crippen molar-refractivity contribution in [3.63, 3.8) is 0 Å². The summed E-state index contributed by atoms with van der Waals surface area (Å²) in [6.45, 7) is 0.599. The lowest BCUT2D eigenvalue weighted by Crippen LogP contribution is -2.24. The molecule has 0 unspecified atom stereocenters. The fraction of sp³-hybridized carbons (Fsp3) is 0.286. The van der Waals surface area contributed by atoms with E-state index in [1.165, 1.54) is 0 Å². The van der Waals surface area contributed by atoms with Crippen molar-refractivity contribution in [2.24, 2.45) is 5.92 Å². The first-order chi connectivity index (χ1) is 8.33. The minimum Gasteiger partial charge on any atom is -0.352 e. The van der Waals surface area contributed by atoms with Gasteiger partial charge in [0.2, 0.25) is 5.91 Å². The number of aromatic nitrogens is 1. The van der Waals surface area contributed by atoms with Gasteiger partial charge in [-0.05, 0) is 30.5 Å². The fourth-order valence-corrected chi connectivity index (χ4v) is 1.90.